The highest BCUT2D eigenvalue weighted by Gasteiger charge is 2.18. The van der Waals surface area contributed by atoms with Crippen LogP contribution in [0.25, 0.3) is 0 Å². The topological polar surface area (TPSA) is 64.3 Å². The second-order valence-corrected chi connectivity index (χ2v) is 4.40. The molecule has 1 amide bonds. The van der Waals surface area contributed by atoms with Crippen LogP contribution in [0.15, 0.2) is 36.4 Å². The standard InChI is InChI=1S/C15H13F3N2O2/c16-12-6-5-11(13(17)14(12)18)15(21)20-7-8-22-10-3-1-9(19)2-4-10/h1-6H,7-8,19H2,(H,20,21). The average molecular weight is 310 g/mol. The molecule has 0 aliphatic rings. The van der Waals surface area contributed by atoms with Crippen molar-refractivity contribution in [1.82, 2.24) is 5.32 Å². The minimum absolute atomic E-state index is 0.0711. The van der Waals surface area contributed by atoms with Gasteiger partial charge < -0.3 is 15.8 Å². The highest BCUT2D eigenvalue weighted by atomic mass is 19.2. The summed E-state index contributed by atoms with van der Waals surface area (Å²) in [6.07, 6.45) is 0. The van der Waals surface area contributed by atoms with Gasteiger partial charge in [-0.3, -0.25) is 4.79 Å². The molecule has 0 fully saturated rings. The second kappa shape index (κ2) is 6.84. The Labute approximate surface area is 124 Å². The third-order valence-corrected chi connectivity index (χ3v) is 2.82. The summed E-state index contributed by atoms with van der Waals surface area (Å²) in [5.74, 6) is -4.83. The predicted molar refractivity (Wildman–Crippen MR) is 75.0 cm³/mol. The van der Waals surface area contributed by atoms with Crippen molar-refractivity contribution in [2.75, 3.05) is 18.9 Å². The molecule has 2 rings (SSSR count). The number of amides is 1. The van der Waals surface area contributed by atoms with Gasteiger partial charge in [0.05, 0.1) is 12.1 Å². The maximum Gasteiger partial charge on any atom is 0.254 e. The van der Waals surface area contributed by atoms with Crippen molar-refractivity contribution in [3.8, 4) is 5.75 Å². The lowest BCUT2D eigenvalue weighted by molar-refractivity contribution is 0.0941. The molecule has 0 bridgehead atoms. The van der Waals surface area contributed by atoms with E-state index in [4.69, 9.17) is 10.5 Å². The minimum Gasteiger partial charge on any atom is -0.492 e. The quantitative estimate of drug-likeness (QED) is 0.507. The second-order valence-electron chi connectivity index (χ2n) is 4.40. The molecule has 0 aromatic heterocycles. The van der Waals surface area contributed by atoms with Crippen molar-refractivity contribution in [2.45, 2.75) is 0 Å². The van der Waals surface area contributed by atoms with Gasteiger partial charge in [-0.2, -0.15) is 0 Å². The number of rotatable bonds is 5. The van der Waals surface area contributed by atoms with Crippen LogP contribution in [-0.4, -0.2) is 19.1 Å². The number of hydrogen-bond donors (Lipinski definition) is 2. The van der Waals surface area contributed by atoms with Crippen LogP contribution < -0.4 is 15.8 Å². The number of nitrogens with one attached hydrogen (secondary N) is 1. The van der Waals surface area contributed by atoms with Crippen molar-refractivity contribution in [3.63, 3.8) is 0 Å². The maximum atomic E-state index is 13.4. The molecule has 2 aromatic carbocycles. The van der Waals surface area contributed by atoms with E-state index in [0.717, 1.165) is 6.07 Å². The lowest BCUT2D eigenvalue weighted by atomic mass is 10.2. The van der Waals surface area contributed by atoms with Crippen molar-refractivity contribution < 1.29 is 22.7 Å². The number of hydrogen-bond acceptors (Lipinski definition) is 3. The van der Waals surface area contributed by atoms with Gasteiger partial charge in [0.2, 0.25) is 0 Å². The highest BCUT2D eigenvalue weighted by molar-refractivity contribution is 5.94. The zero-order valence-corrected chi connectivity index (χ0v) is 11.4. The first-order chi connectivity index (χ1) is 10.5. The number of halogens is 3. The number of carbonyl (C=O) groups excluding carboxylic acids is 1. The summed E-state index contributed by atoms with van der Waals surface area (Å²) in [7, 11) is 0. The summed E-state index contributed by atoms with van der Waals surface area (Å²) >= 11 is 0. The van der Waals surface area contributed by atoms with E-state index in [0.29, 0.717) is 17.5 Å². The molecular formula is C15H13F3N2O2. The average Bonchev–Trinajstić information content (AvgIpc) is 2.51. The Morgan fingerprint density at radius 3 is 2.41 bits per heavy atom. The van der Waals surface area contributed by atoms with E-state index in [9.17, 15) is 18.0 Å². The lowest BCUT2D eigenvalue weighted by Gasteiger charge is -2.09. The van der Waals surface area contributed by atoms with Gasteiger partial charge in [0.25, 0.3) is 5.91 Å². The molecule has 2 aromatic rings. The number of nitrogens with two attached hydrogens (primary N) is 1. The van der Waals surface area contributed by atoms with E-state index in [1.54, 1.807) is 24.3 Å². The molecule has 0 atom stereocenters. The fourth-order valence-electron chi connectivity index (χ4n) is 1.69. The first kappa shape index (κ1) is 15.7. The number of benzene rings is 2. The van der Waals surface area contributed by atoms with Crippen molar-refractivity contribution >= 4 is 11.6 Å². The fraction of sp³-hybridized carbons (Fsp3) is 0.133. The molecule has 0 heterocycles. The van der Waals surface area contributed by atoms with Crippen LogP contribution in [0.4, 0.5) is 18.9 Å². The molecule has 0 saturated carbocycles. The summed E-state index contributed by atoms with van der Waals surface area (Å²) in [6, 6.07) is 8.20. The number of nitrogen functional groups attached to an aromatic ring is 1. The van der Waals surface area contributed by atoms with E-state index < -0.39 is 28.9 Å². The molecule has 0 aliphatic carbocycles. The Kier molecular flexibility index (Phi) is 4.88. The normalized spacial score (nSPS) is 10.3. The van der Waals surface area contributed by atoms with Crippen molar-refractivity contribution in [2.24, 2.45) is 0 Å². The largest absolute Gasteiger partial charge is 0.492 e. The predicted octanol–water partition coefficient (Wildman–Crippen LogP) is 2.49. The van der Waals surface area contributed by atoms with E-state index in [-0.39, 0.29) is 13.2 Å². The van der Waals surface area contributed by atoms with E-state index in [2.05, 4.69) is 5.32 Å². The Balaban J connectivity index is 1.85. The highest BCUT2D eigenvalue weighted by Crippen LogP contribution is 2.15. The van der Waals surface area contributed by atoms with E-state index in [1.165, 1.54) is 0 Å². The Morgan fingerprint density at radius 2 is 1.73 bits per heavy atom. The number of anilines is 1. The molecule has 0 radical (unpaired) electrons. The lowest BCUT2D eigenvalue weighted by Crippen LogP contribution is -2.29. The zero-order valence-electron chi connectivity index (χ0n) is 11.4. The van der Waals surface area contributed by atoms with Crippen LogP contribution in [0.1, 0.15) is 10.4 Å². The molecule has 3 N–H and O–H groups in total. The molecule has 0 spiro atoms. The molecule has 0 saturated heterocycles. The fourth-order valence-corrected chi connectivity index (χ4v) is 1.69. The van der Waals surface area contributed by atoms with Crippen molar-refractivity contribution in [1.29, 1.82) is 0 Å². The van der Waals surface area contributed by atoms with Gasteiger partial charge in [-0.25, -0.2) is 13.2 Å². The molecule has 0 aliphatic heterocycles. The van der Waals surface area contributed by atoms with Gasteiger partial charge in [0.15, 0.2) is 17.5 Å². The maximum absolute atomic E-state index is 13.4. The van der Waals surface area contributed by atoms with Gasteiger partial charge in [0.1, 0.15) is 12.4 Å². The SMILES string of the molecule is Nc1ccc(OCCNC(=O)c2ccc(F)c(F)c2F)cc1. The van der Waals surface area contributed by atoms with Crippen LogP contribution in [0.2, 0.25) is 0 Å². The Hall–Kier alpha value is -2.70. The van der Waals surface area contributed by atoms with Gasteiger partial charge in [-0.05, 0) is 36.4 Å². The Bertz CT molecular complexity index is 675. The summed E-state index contributed by atoms with van der Waals surface area (Å²) in [5.41, 5.74) is 5.55. The molecule has 7 heteroatoms. The number of carbonyl (C=O) groups is 1. The first-order valence-corrected chi connectivity index (χ1v) is 6.39. The molecule has 0 unspecified atom stereocenters. The molecule has 22 heavy (non-hydrogen) atoms. The van der Waals surface area contributed by atoms with Gasteiger partial charge in [-0.15, -0.1) is 0 Å². The van der Waals surface area contributed by atoms with Gasteiger partial charge >= 0.3 is 0 Å². The van der Waals surface area contributed by atoms with Crippen LogP contribution in [0, 0.1) is 17.5 Å². The van der Waals surface area contributed by atoms with Crippen LogP contribution in [0.3, 0.4) is 0 Å². The third-order valence-electron chi connectivity index (χ3n) is 2.82. The molecular weight excluding hydrogens is 297 g/mol. The third kappa shape index (κ3) is 3.69. The van der Waals surface area contributed by atoms with Crippen LogP contribution in [-0.2, 0) is 0 Å². The van der Waals surface area contributed by atoms with E-state index in [1.807, 2.05) is 0 Å². The molecule has 116 valence electrons. The van der Waals surface area contributed by atoms with Crippen molar-refractivity contribution in [3.05, 3.63) is 59.4 Å². The summed E-state index contributed by atoms with van der Waals surface area (Å²) in [6.45, 7) is 0.197. The Morgan fingerprint density at radius 1 is 1.05 bits per heavy atom. The van der Waals surface area contributed by atoms with Gasteiger partial charge in [-0.1, -0.05) is 0 Å². The minimum atomic E-state index is -1.68. The monoisotopic (exact) mass is 310 g/mol. The van der Waals surface area contributed by atoms with E-state index >= 15 is 0 Å². The molecule has 4 nitrogen and oxygen atoms in total. The summed E-state index contributed by atoms with van der Waals surface area (Å²) in [5, 5.41) is 2.35. The first-order valence-electron chi connectivity index (χ1n) is 6.39. The number of ether oxygens (including phenoxy) is 1. The van der Waals surface area contributed by atoms with Gasteiger partial charge in [0, 0.05) is 5.69 Å². The van der Waals surface area contributed by atoms with Crippen LogP contribution in [0.5, 0.6) is 5.75 Å². The summed E-state index contributed by atoms with van der Waals surface area (Å²) < 4.78 is 44.5. The van der Waals surface area contributed by atoms with Crippen LogP contribution >= 0.6 is 0 Å². The zero-order chi connectivity index (χ0) is 16.1. The smallest absolute Gasteiger partial charge is 0.254 e. The summed E-state index contributed by atoms with van der Waals surface area (Å²) in [4.78, 5) is 11.7.